The zero-order valence-electron chi connectivity index (χ0n) is 22.7. The molecular formula is C25H43N2O4P2+. The van der Waals surface area contributed by atoms with Gasteiger partial charge in [0.2, 0.25) is 5.34 Å². The average Bonchev–Trinajstić information content (AvgIpc) is 3.28. The van der Waals surface area contributed by atoms with Crippen molar-refractivity contribution >= 4 is 21.9 Å². The maximum Gasteiger partial charge on any atom is 0.348 e. The van der Waals surface area contributed by atoms with Gasteiger partial charge in [0.05, 0.1) is 6.04 Å². The summed E-state index contributed by atoms with van der Waals surface area (Å²) < 4.78 is 27.2. The normalized spacial score (nSPS) is 52.7. The first-order valence-electron chi connectivity index (χ1n) is 12.5. The first kappa shape index (κ1) is 23.7. The number of rotatable bonds is 1. The second-order valence-corrected chi connectivity index (χ2v) is 19.7. The van der Waals surface area contributed by atoms with Crippen LogP contribution >= 0.6 is 16.2 Å². The van der Waals surface area contributed by atoms with Crippen LogP contribution in [0.2, 0.25) is 0 Å². The highest BCUT2D eigenvalue weighted by molar-refractivity contribution is 7.65. The summed E-state index contributed by atoms with van der Waals surface area (Å²) in [5.74, 6) is 0.282. The van der Waals surface area contributed by atoms with E-state index in [1.165, 1.54) is 0 Å². The SMILES string of the molecule is CC(C)(C)C(=O)C1N2C3C4N5C6C3(C(C)(C)C)OP2C6(C(C)(C)C)O[P+]5(C)OC14C(C)(C)C. The lowest BCUT2D eigenvalue weighted by Crippen LogP contribution is -2.68. The smallest absolute Gasteiger partial charge is 0.330 e. The molecule has 0 aliphatic carbocycles. The third-order valence-corrected chi connectivity index (χ3v) is 15.3. The molecule has 6 aliphatic heterocycles. The molecule has 0 aromatic carbocycles. The molecule has 0 N–H and O–H groups in total. The summed E-state index contributed by atoms with van der Waals surface area (Å²) in [6.07, 6.45) is 0. The Labute approximate surface area is 201 Å². The van der Waals surface area contributed by atoms with Crippen molar-refractivity contribution in [3.8, 4) is 0 Å². The molecule has 33 heavy (non-hydrogen) atoms. The van der Waals surface area contributed by atoms with Crippen molar-refractivity contribution in [3.63, 3.8) is 0 Å². The fourth-order valence-corrected chi connectivity index (χ4v) is 16.3. The van der Waals surface area contributed by atoms with Crippen molar-refractivity contribution in [1.29, 1.82) is 0 Å². The molecule has 2 bridgehead atoms. The third kappa shape index (κ3) is 2.05. The van der Waals surface area contributed by atoms with Crippen LogP contribution in [0.1, 0.15) is 83.1 Å². The van der Waals surface area contributed by atoms with Crippen molar-refractivity contribution < 1.29 is 18.4 Å². The number of Topliss-reactive ketones (excluding diaryl/α,β-unsaturated/α-hetero) is 1. The highest BCUT2D eigenvalue weighted by Crippen LogP contribution is 2.99. The maximum atomic E-state index is 14.4. The third-order valence-electron chi connectivity index (χ3n) is 9.65. The predicted octanol–water partition coefficient (Wildman–Crippen LogP) is 5.83. The molecule has 0 radical (unpaired) electrons. The fourth-order valence-electron chi connectivity index (χ4n) is 8.33. The Kier molecular flexibility index (Phi) is 4.02. The van der Waals surface area contributed by atoms with E-state index in [-0.39, 0.29) is 51.8 Å². The van der Waals surface area contributed by atoms with Gasteiger partial charge >= 0.3 is 7.87 Å². The van der Waals surface area contributed by atoms with E-state index in [1.807, 2.05) is 0 Å². The second kappa shape index (κ2) is 5.59. The van der Waals surface area contributed by atoms with Gasteiger partial charge in [-0.3, -0.25) is 4.79 Å². The number of ketones is 1. The van der Waals surface area contributed by atoms with Crippen LogP contribution < -0.4 is 0 Å². The van der Waals surface area contributed by atoms with Gasteiger partial charge in [0, 0.05) is 10.8 Å². The molecule has 6 saturated heterocycles. The first-order chi connectivity index (χ1) is 14.6. The van der Waals surface area contributed by atoms with E-state index in [0.717, 1.165) is 0 Å². The van der Waals surface area contributed by atoms with Crippen molar-refractivity contribution in [2.75, 3.05) is 6.66 Å². The minimum Gasteiger partial charge on any atom is -0.330 e. The van der Waals surface area contributed by atoms with Gasteiger partial charge < -0.3 is 4.52 Å². The van der Waals surface area contributed by atoms with Gasteiger partial charge in [-0.2, -0.15) is 9.05 Å². The molecule has 186 valence electrons. The molecule has 6 nitrogen and oxygen atoms in total. The van der Waals surface area contributed by atoms with Crippen LogP contribution in [0.25, 0.3) is 0 Å². The number of nitrogens with zero attached hydrogens (tertiary/aromatic N) is 2. The molecule has 6 rings (SSSR count). The summed E-state index contributed by atoms with van der Waals surface area (Å²) in [5, 5.41) is -0.468. The summed E-state index contributed by atoms with van der Waals surface area (Å²) >= 11 is 0. The molecule has 0 aromatic rings. The second-order valence-electron chi connectivity index (χ2n) is 15.5. The summed E-state index contributed by atoms with van der Waals surface area (Å²) in [7, 11) is -3.52. The Bertz CT molecular complexity index is 977. The van der Waals surface area contributed by atoms with Crippen molar-refractivity contribution in [2.45, 2.75) is 124 Å². The Hall–Kier alpha value is 0.330. The molecule has 6 aliphatic rings. The zero-order chi connectivity index (χ0) is 24.7. The van der Waals surface area contributed by atoms with E-state index < -0.39 is 32.5 Å². The van der Waals surface area contributed by atoms with E-state index in [2.05, 4.69) is 99.1 Å². The molecule has 0 spiro atoms. The molecule has 9 unspecified atom stereocenters. The zero-order valence-corrected chi connectivity index (χ0v) is 24.5. The van der Waals surface area contributed by atoms with Crippen LogP contribution in [-0.2, 0) is 18.4 Å². The van der Waals surface area contributed by atoms with Gasteiger partial charge in [-0.25, -0.2) is 4.67 Å². The van der Waals surface area contributed by atoms with Gasteiger partial charge in [0.1, 0.15) is 38.7 Å². The minimum absolute atomic E-state index is 0.100. The molecular weight excluding hydrogens is 454 g/mol. The fraction of sp³-hybridized carbons (Fsp3) is 0.960. The van der Waals surface area contributed by atoms with Gasteiger partial charge in [-0.1, -0.05) is 83.1 Å². The summed E-state index contributed by atoms with van der Waals surface area (Å²) in [6.45, 7) is 29.1. The number of hydrogen-bond acceptors (Lipinski definition) is 6. The Morgan fingerprint density at radius 3 is 1.82 bits per heavy atom. The van der Waals surface area contributed by atoms with Gasteiger partial charge in [0.25, 0.3) is 0 Å². The number of fused-ring (bicyclic) bond motifs is 3. The highest BCUT2D eigenvalue weighted by atomic mass is 31.2. The van der Waals surface area contributed by atoms with Crippen LogP contribution in [0.5, 0.6) is 0 Å². The molecule has 8 heteroatoms. The Morgan fingerprint density at radius 2 is 1.36 bits per heavy atom. The highest BCUT2D eigenvalue weighted by Gasteiger charge is 3.04. The standard InChI is InChI=1S/C25H43N2O4P2/c1-19(2,3)17(28)16-23(20(4,5)6)15-14-24(21(7,8)9)18-25(22(10,11)12,32(29-24)26(14)16)31-33(13,30-23)27(15)18/h14-16,18H,1-13H3/q+1. The first-order valence-corrected chi connectivity index (χ1v) is 15.8. The van der Waals surface area contributed by atoms with Crippen LogP contribution in [0.3, 0.4) is 0 Å². The molecule has 0 saturated carbocycles. The quantitative estimate of drug-likeness (QED) is 0.425. The number of hydrogen-bond donors (Lipinski definition) is 0. The molecule has 6 fully saturated rings. The lowest BCUT2D eigenvalue weighted by atomic mass is 9.63. The predicted molar refractivity (Wildman–Crippen MR) is 133 cm³/mol. The molecule has 0 amide bonds. The van der Waals surface area contributed by atoms with E-state index >= 15 is 0 Å². The summed E-state index contributed by atoms with van der Waals surface area (Å²) in [6, 6.07) is 0.107. The molecule has 9 atom stereocenters. The number of carbonyl (C=O) groups is 1. The van der Waals surface area contributed by atoms with Crippen LogP contribution in [0, 0.1) is 21.7 Å². The van der Waals surface area contributed by atoms with E-state index in [1.54, 1.807) is 0 Å². The average molecular weight is 498 g/mol. The lowest BCUT2D eigenvalue weighted by Gasteiger charge is -2.52. The largest absolute Gasteiger partial charge is 0.348 e. The van der Waals surface area contributed by atoms with Crippen LogP contribution in [-0.4, -0.2) is 62.5 Å². The van der Waals surface area contributed by atoms with Crippen LogP contribution in [0.15, 0.2) is 0 Å². The van der Waals surface area contributed by atoms with Gasteiger partial charge in [-0.05, 0) is 10.8 Å². The Morgan fingerprint density at radius 1 is 0.818 bits per heavy atom. The van der Waals surface area contributed by atoms with E-state index in [9.17, 15) is 4.79 Å². The monoisotopic (exact) mass is 497 g/mol. The van der Waals surface area contributed by atoms with Crippen molar-refractivity contribution in [3.05, 3.63) is 0 Å². The van der Waals surface area contributed by atoms with Gasteiger partial charge in [0.15, 0.2) is 11.4 Å². The summed E-state index contributed by atoms with van der Waals surface area (Å²) in [5.41, 5.74) is -1.93. The lowest BCUT2D eigenvalue weighted by molar-refractivity contribution is -0.144. The maximum absolute atomic E-state index is 14.4. The van der Waals surface area contributed by atoms with Gasteiger partial charge in [-0.15, -0.1) is 4.67 Å². The topological polar surface area (TPSA) is 51.2 Å². The van der Waals surface area contributed by atoms with E-state index in [4.69, 9.17) is 13.6 Å². The molecule has 6 heterocycles. The number of carbonyl (C=O) groups excluding carboxylic acids is 1. The minimum atomic E-state index is -2.37. The van der Waals surface area contributed by atoms with E-state index in [0.29, 0.717) is 0 Å². The van der Waals surface area contributed by atoms with Crippen molar-refractivity contribution in [1.82, 2.24) is 9.34 Å². The van der Waals surface area contributed by atoms with Crippen molar-refractivity contribution in [2.24, 2.45) is 21.7 Å². The molecule has 0 aromatic heterocycles. The summed E-state index contributed by atoms with van der Waals surface area (Å²) in [4.78, 5) is 14.4. The van der Waals surface area contributed by atoms with Crippen LogP contribution in [0.4, 0.5) is 0 Å². The Balaban J connectivity index is 1.72.